The Balaban J connectivity index is 1.96. The molecule has 1 saturated heterocycles. The Morgan fingerprint density at radius 3 is 2.38 bits per heavy atom. The van der Waals surface area contributed by atoms with Crippen molar-refractivity contribution in [2.24, 2.45) is 10.8 Å². The van der Waals surface area contributed by atoms with E-state index in [0.717, 1.165) is 19.3 Å². The fourth-order valence-electron chi connectivity index (χ4n) is 4.43. The lowest BCUT2D eigenvalue weighted by molar-refractivity contribution is 0.133. The summed E-state index contributed by atoms with van der Waals surface area (Å²) < 4.78 is 27.6. The Morgan fingerprint density at radius 1 is 1.14 bits per heavy atom. The first-order valence-corrected chi connectivity index (χ1v) is 9.21. The molecule has 2 fully saturated rings. The molecule has 116 valence electrons. The topological polar surface area (TPSA) is 37.4 Å². The molecule has 21 heavy (non-hydrogen) atoms. The van der Waals surface area contributed by atoms with Crippen LogP contribution >= 0.6 is 11.6 Å². The number of fused-ring (bicyclic) bond motifs is 2. The zero-order valence-corrected chi connectivity index (χ0v) is 14.3. The standard InChI is InChI=1S/C16H22ClNO2S/c1-15(2)8-13-9-16(3,10-15)11-18(13)21(19,20)14-6-4-12(17)5-7-14/h4-7,13H,8-11H2,1-3H3/t13-,16-/m0/s1. The molecular formula is C16H22ClNO2S. The first-order chi connectivity index (χ1) is 9.61. The van der Waals surface area contributed by atoms with Crippen molar-refractivity contribution >= 4 is 21.6 Å². The van der Waals surface area contributed by atoms with Gasteiger partial charge in [-0.05, 0) is 54.4 Å². The van der Waals surface area contributed by atoms with Gasteiger partial charge in [-0.1, -0.05) is 32.4 Å². The molecule has 5 heteroatoms. The van der Waals surface area contributed by atoms with E-state index in [0.29, 0.717) is 16.5 Å². The average molecular weight is 328 g/mol. The minimum Gasteiger partial charge on any atom is -0.207 e. The van der Waals surface area contributed by atoms with Gasteiger partial charge in [-0.25, -0.2) is 8.42 Å². The van der Waals surface area contributed by atoms with E-state index in [1.807, 2.05) is 0 Å². The molecule has 0 radical (unpaired) electrons. The number of halogens is 1. The van der Waals surface area contributed by atoms with Crippen LogP contribution in [-0.2, 0) is 10.0 Å². The first-order valence-electron chi connectivity index (χ1n) is 7.39. The molecule has 0 aromatic heterocycles. The highest BCUT2D eigenvalue weighted by Gasteiger charge is 2.53. The third kappa shape index (κ3) is 2.73. The summed E-state index contributed by atoms with van der Waals surface area (Å²) >= 11 is 5.86. The van der Waals surface area contributed by atoms with Gasteiger partial charge in [0.05, 0.1) is 4.90 Å². The lowest BCUT2D eigenvalue weighted by atomic mass is 9.65. The Labute approximate surface area is 132 Å². The second-order valence-corrected chi connectivity index (χ2v) is 10.0. The van der Waals surface area contributed by atoms with Crippen LogP contribution in [0.5, 0.6) is 0 Å². The van der Waals surface area contributed by atoms with Crippen molar-refractivity contribution in [3.63, 3.8) is 0 Å². The Kier molecular flexibility index (Phi) is 3.43. The summed E-state index contributed by atoms with van der Waals surface area (Å²) in [4.78, 5) is 0.348. The molecule has 0 spiro atoms. The van der Waals surface area contributed by atoms with Crippen LogP contribution in [0.4, 0.5) is 0 Å². The van der Waals surface area contributed by atoms with Gasteiger partial charge in [0.2, 0.25) is 10.0 Å². The van der Waals surface area contributed by atoms with Crippen LogP contribution in [0, 0.1) is 10.8 Å². The maximum Gasteiger partial charge on any atom is 0.243 e. The van der Waals surface area contributed by atoms with Crippen LogP contribution < -0.4 is 0 Å². The zero-order chi connectivity index (χ0) is 15.5. The van der Waals surface area contributed by atoms with Crippen molar-refractivity contribution in [3.8, 4) is 0 Å². The van der Waals surface area contributed by atoms with E-state index in [2.05, 4.69) is 20.8 Å². The van der Waals surface area contributed by atoms with E-state index in [1.165, 1.54) is 0 Å². The van der Waals surface area contributed by atoms with Crippen LogP contribution in [0.25, 0.3) is 0 Å². The van der Waals surface area contributed by atoms with Gasteiger partial charge in [0.15, 0.2) is 0 Å². The molecule has 3 nitrogen and oxygen atoms in total. The summed E-state index contributed by atoms with van der Waals surface area (Å²) in [6.45, 7) is 7.34. The monoisotopic (exact) mass is 327 g/mol. The summed E-state index contributed by atoms with van der Waals surface area (Å²) in [6.07, 6.45) is 3.00. The maximum absolute atomic E-state index is 12.9. The zero-order valence-electron chi connectivity index (χ0n) is 12.8. The van der Waals surface area contributed by atoms with Gasteiger partial charge in [0.25, 0.3) is 0 Å². The van der Waals surface area contributed by atoms with Gasteiger partial charge in [-0.15, -0.1) is 0 Å². The number of hydrogen-bond donors (Lipinski definition) is 0. The second-order valence-electron chi connectivity index (χ2n) is 7.72. The number of benzene rings is 1. The minimum absolute atomic E-state index is 0.103. The quantitative estimate of drug-likeness (QED) is 0.825. The second kappa shape index (κ2) is 4.71. The molecule has 2 atom stereocenters. The largest absolute Gasteiger partial charge is 0.243 e. The van der Waals surface area contributed by atoms with E-state index in [-0.39, 0.29) is 16.9 Å². The number of rotatable bonds is 2. The van der Waals surface area contributed by atoms with Crippen molar-refractivity contribution in [2.75, 3.05) is 6.54 Å². The van der Waals surface area contributed by atoms with Crippen molar-refractivity contribution in [3.05, 3.63) is 29.3 Å². The molecular weight excluding hydrogens is 306 g/mol. The normalized spacial score (nSPS) is 32.3. The smallest absolute Gasteiger partial charge is 0.207 e. The highest BCUT2D eigenvalue weighted by Crippen LogP contribution is 2.53. The van der Waals surface area contributed by atoms with E-state index >= 15 is 0 Å². The Hall–Kier alpha value is -0.580. The summed E-state index contributed by atoms with van der Waals surface area (Å²) in [5, 5.41) is 0.558. The molecule has 1 aromatic carbocycles. The number of sulfonamides is 1. The molecule has 0 unspecified atom stereocenters. The van der Waals surface area contributed by atoms with Crippen LogP contribution in [0.1, 0.15) is 40.0 Å². The molecule has 1 heterocycles. The van der Waals surface area contributed by atoms with Gasteiger partial charge in [0.1, 0.15) is 0 Å². The fraction of sp³-hybridized carbons (Fsp3) is 0.625. The molecule has 3 rings (SSSR count). The van der Waals surface area contributed by atoms with Gasteiger partial charge in [-0.3, -0.25) is 0 Å². The Morgan fingerprint density at radius 2 is 1.76 bits per heavy atom. The number of nitrogens with zero attached hydrogens (tertiary/aromatic N) is 1. The van der Waals surface area contributed by atoms with Crippen molar-refractivity contribution in [1.82, 2.24) is 4.31 Å². The molecule has 1 aliphatic carbocycles. The molecule has 2 aliphatic rings. The number of hydrogen-bond acceptors (Lipinski definition) is 2. The summed E-state index contributed by atoms with van der Waals surface area (Å²) in [6, 6.07) is 6.62. The van der Waals surface area contributed by atoms with Gasteiger partial charge in [-0.2, -0.15) is 4.31 Å². The van der Waals surface area contributed by atoms with Gasteiger partial charge >= 0.3 is 0 Å². The van der Waals surface area contributed by atoms with Crippen LogP contribution in [0.2, 0.25) is 5.02 Å². The molecule has 0 N–H and O–H groups in total. The van der Waals surface area contributed by atoms with Crippen LogP contribution in [-0.4, -0.2) is 25.3 Å². The highest BCUT2D eigenvalue weighted by atomic mass is 35.5. The van der Waals surface area contributed by atoms with E-state index in [4.69, 9.17) is 11.6 Å². The molecule has 1 aliphatic heterocycles. The summed E-state index contributed by atoms with van der Waals surface area (Å²) in [5.74, 6) is 0. The highest BCUT2D eigenvalue weighted by molar-refractivity contribution is 7.89. The van der Waals surface area contributed by atoms with E-state index < -0.39 is 10.0 Å². The Bertz CT molecular complexity index is 653. The summed E-state index contributed by atoms with van der Waals surface area (Å²) in [5.41, 5.74) is 0.313. The third-order valence-corrected chi connectivity index (χ3v) is 6.95. The predicted octanol–water partition coefficient (Wildman–Crippen LogP) is 3.93. The van der Waals surface area contributed by atoms with Crippen LogP contribution in [0.3, 0.4) is 0 Å². The molecule has 1 aromatic rings. The SMILES string of the molecule is CC1(C)C[C@H]2C[C@](C)(CN2S(=O)(=O)c2ccc(Cl)cc2)C1. The van der Waals surface area contributed by atoms with E-state index in [9.17, 15) is 8.42 Å². The van der Waals surface area contributed by atoms with Gasteiger partial charge < -0.3 is 0 Å². The average Bonchev–Trinajstić information content (AvgIpc) is 2.59. The van der Waals surface area contributed by atoms with Gasteiger partial charge in [0, 0.05) is 17.6 Å². The van der Waals surface area contributed by atoms with Crippen LogP contribution in [0.15, 0.2) is 29.2 Å². The fourth-order valence-corrected chi connectivity index (χ4v) is 6.33. The van der Waals surface area contributed by atoms with Crippen molar-refractivity contribution in [2.45, 2.75) is 51.0 Å². The maximum atomic E-state index is 12.9. The lowest BCUT2D eigenvalue weighted by Crippen LogP contribution is -2.37. The van der Waals surface area contributed by atoms with E-state index in [1.54, 1.807) is 28.6 Å². The molecule has 0 amide bonds. The minimum atomic E-state index is -3.42. The first kappa shape index (κ1) is 15.3. The van der Waals surface area contributed by atoms with Crippen molar-refractivity contribution < 1.29 is 8.42 Å². The third-order valence-electron chi connectivity index (χ3n) is 4.79. The molecule has 2 bridgehead atoms. The lowest BCUT2D eigenvalue weighted by Gasteiger charge is -2.39. The summed E-state index contributed by atoms with van der Waals surface area (Å²) in [7, 11) is -3.42. The molecule has 1 saturated carbocycles. The van der Waals surface area contributed by atoms with Crippen molar-refractivity contribution in [1.29, 1.82) is 0 Å². The predicted molar refractivity (Wildman–Crippen MR) is 84.9 cm³/mol.